The molecule has 2 fully saturated rings. The maximum atomic E-state index is 11.7. The van der Waals surface area contributed by atoms with E-state index in [4.69, 9.17) is 9.47 Å². The van der Waals surface area contributed by atoms with Gasteiger partial charge in [0, 0.05) is 64.4 Å². The first kappa shape index (κ1) is 19.4. The molecule has 2 heterocycles. The molecule has 7 heteroatoms. The van der Waals surface area contributed by atoms with Gasteiger partial charge in [0.1, 0.15) is 13.2 Å². The van der Waals surface area contributed by atoms with Crippen LogP contribution >= 0.6 is 0 Å². The van der Waals surface area contributed by atoms with Crippen molar-refractivity contribution in [3.63, 3.8) is 0 Å². The van der Waals surface area contributed by atoms with Crippen molar-refractivity contribution < 1.29 is 14.3 Å². The molecule has 2 rings (SSSR count). The highest BCUT2D eigenvalue weighted by atomic mass is 16.7. The second kappa shape index (κ2) is 9.56. The molecule has 7 nitrogen and oxygen atoms in total. The fourth-order valence-electron chi connectivity index (χ4n) is 3.55. The zero-order valence-electron chi connectivity index (χ0n) is 15.7. The molecule has 2 aliphatic heterocycles. The van der Waals surface area contributed by atoms with Gasteiger partial charge in [-0.1, -0.05) is 0 Å². The molecule has 2 aliphatic rings. The molecule has 0 bridgehead atoms. The number of piperazine rings is 2. The number of carbonyl (C=O) groups excluding carboxylic acids is 1. The molecule has 0 radical (unpaired) electrons. The second-order valence-electron chi connectivity index (χ2n) is 7.24. The SMILES string of the molecule is CC1CN(C)CCN1CCOC(=O)OCCN1CCN(C)CC1C. The van der Waals surface area contributed by atoms with Crippen molar-refractivity contribution in [2.75, 3.05) is 79.7 Å². The monoisotopic (exact) mass is 342 g/mol. The summed E-state index contributed by atoms with van der Waals surface area (Å²) in [7, 11) is 4.28. The Balaban J connectivity index is 1.54. The Morgan fingerprint density at radius 2 is 1.25 bits per heavy atom. The molecule has 0 aliphatic carbocycles. The number of ether oxygens (including phenoxy) is 2. The molecule has 0 aromatic rings. The third-order valence-corrected chi connectivity index (χ3v) is 5.13. The molecule has 0 saturated carbocycles. The summed E-state index contributed by atoms with van der Waals surface area (Å²) in [4.78, 5) is 21.1. The molecular formula is C17H34N4O3. The largest absolute Gasteiger partial charge is 0.508 e. The average molecular weight is 342 g/mol. The summed E-state index contributed by atoms with van der Waals surface area (Å²) in [5.74, 6) is 0. The topological polar surface area (TPSA) is 48.5 Å². The minimum Gasteiger partial charge on any atom is -0.433 e. The van der Waals surface area contributed by atoms with Crippen LogP contribution < -0.4 is 0 Å². The molecule has 0 N–H and O–H groups in total. The van der Waals surface area contributed by atoms with Crippen LogP contribution in [0.5, 0.6) is 0 Å². The molecule has 0 aromatic carbocycles. The van der Waals surface area contributed by atoms with E-state index in [2.05, 4.69) is 47.5 Å². The van der Waals surface area contributed by atoms with E-state index >= 15 is 0 Å². The Morgan fingerprint density at radius 3 is 1.62 bits per heavy atom. The molecule has 0 spiro atoms. The highest BCUT2D eigenvalue weighted by molar-refractivity contribution is 5.59. The molecule has 2 atom stereocenters. The van der Waals surface area contributed by atoms with Crippen molar-refractivity contribution >= 4 is 6.16 Å². The minimum absolute atomic E-state index is 0.401. The van der Waals surface area contributed by atoms with E-state index < -0.39 is 6.16 Å². The van der Waals surface area contributed by atoms with Crippen LogP contribution in [0.4, 0.5) is 4.79 Å². The zero-order valence-corrected chi connectivity index (χ0v) is 15.7. The van der Waals surface area contributed by atoms with Gasteiger partial charge in [0.15, 0.2) is 0 Å². The first-order valence-electron chi connectivity index (χ1n) is 9.10. The number of rotatable bonds is 6. The summed E-state index contributed by atoms with van der Waals surface area (Å²) in [6, 6.07) is 1.00. The van der Waals surface area contributed by atoms with Gasteiger partial charge in [-0.25, -0.2) is 4.79 Å². The summed E-state index contributed by atoms with van der Waals surface area (Å²) in [6.45, 7) is 13.1. The van der Waals surface area contributed by atoms with Crippen LogP contribution in [0.25, 0.3) is 0 Å². The summed E-state index contributed by atoms with van der Waals surface area (Å²) in [5.41, 5.74) is 0. The predicted molar refractivity (Wildman–Crippen MR) is 94.4 cm³/mol. The minimum atomic E-state index is -0.543. The van der Waals surface area contributed by atoms with Crippen molar-refractivity contribution in [1.82, 2.24) is 19.6 Å². The van der Waals surface area contributed by atoms with E-state index in [1.54, 1.807) is 0 Å². The maximum Gasteiger partial charge on any atom is 0.508 e. The molecule has 140 valence electrons. The van der Waals surface area contributed by atoms with Crippen LogP contribution in [-0.2, 0) is 9.47 Å². The van der Waals surface area contributed by atoms with Crippen LogP contribution in [-0.4, -0.2) is 118 Å². The molecule has 0 aromatic heterocycles. The fourth-order valence-corrected chi connectivity index (χ4v) is 3.55. The van der Waals surface area contributed by atoms with Crippen LogP contribution in [0.2, 0.25) is 0 Å². The van der Waals surface area contributed by atoms with Crippen molar-refractivity contribution in [3.8, 4) is 0 Å². The summed E-state index contributed by atoms with van der Waals surface area (Å²) >= 11 is 0. The zero-order chi connectivity index (χ0) is 17.5. The number of likely N-dealkylation sites (N-methyl/N-ethyl adjacent to an activating group) is 2. The fraction of sp³-hybridized carbons (Fsp3) is 0.941. The quantitative estimate of drug-likeness (QED) is 0.648. The molecule has 2 unspecified atom stereocenters. The lowest BCUT2D eigenvalue weighted by molar-refractivity contribution is 0.0214. The average Bonchev–Trinajstić information content (AvgIpc) is 2.51. The molecule has 24 heavy (non-hydrogen) atoms. The van der Waals surface area contributed by atoms with Gasteiger partial charge in [0.2, 0.25) is 0 Å². The number of hydrogen-bond acceptors (Lipinski definition) is 7. The normalized spacial score (nSPS) is 28.0. The Hall–Kier alpha value is -0.890. The van der Waals surface area contributed by atoms with Gasteiger partial charge >= 0.3 is 6.16 Å². The lowest BCUT2D eigenvalue weighted by Crippen LogP contribution is -2.51. The Kier molecular flexibility index (Phi) is 7.74. The van der Waals surface area contributed by atoms with Gasteiger partial charge in [0.05, 0.1) is 0 Å². The summed E-state index contributed by atoms with van der Waals surface area (Å²) in [6.07, 6.45) is -0.543. The highest BCUT2D eigenvalue weighted by Crippen LogP contribution is 2.08. The van der Waals surface area contributed by atoms with Crippen LogP contribution in [0.3, 0.4) is 0 Å². The number of carbonyl (C=O) groups is 1. The van der Waals surface area contributed by atoms with Gasteiger partial charge in [-0.3, -0.25) is 9.80 Å². The molecule has 2 saturated heterocycles. The number of hydrogen-bond donors (Lipinski definition) is 0. The number of nitrogens with zero attached hydrogens (tertiary/aromatic N) is 4. The van der Waals surface area contributed by atoms with Gasteiger partial charge in [0.25, 0.3) is 0 Å². The highest BCUT2D eigenvalue weighted by Gasteiger charge is 2.22. The summed E-state index contributed by atoms with van der Waals surface area (Å²) in [5, 5.41) is 0. The van der Waals surface area contributed by atoms with Crippen LogP contribution in [0, 0.1) is 0 Å². The van der Waals surface area contributed by atoms with Crippen molar-refractivity contribution in [3.05, 3.63) is 0 Å². The standard InChI is InChI=1S/C17H34N4O3/c1-15-13-18(3)5-7-20(15)9-11-23-17(22)24-12-10-21-8-6-19(4)14-16(21)2/h15-16H,5-14H2,1-4H3. The van der Waals surface area contributed by atoms with Gasteiger partial charge in [-0.15, -0.1) is 0 Å². The van der Waals surface area contributed by atoms with E-state index in [-0.39, 0.29) is 0 Å². The predicted octanol–water partition coefficient (Wildman–Crippen LogP) is 0.411. The van der Waals surface area contributed by atoms with Gasteiger partial charge in [-0.2, -0.15) is 0 Å². The van der Waals surface area contributed by atoms with Gasteiger partial charge in [-0.05, 0) is 27.9 Å². The third-order valence-electron chi connectivity index (χ3n) is 5.13. The van der Waals surface area contributed by atoms with Crippen molar-refractivity contribution in [1.29, 1.82) is 0 Å². The van der Waals surface area contributed by atoms with E-state index in [0.29, 0.717) is 25.3 Å². The summed E-state index contributed by atoms with van der Waals surface area (Å²) < 4.78 is 10.4. The Labute approximate surface area is 146 Å². The third kappa shape index (κ3) is 6.20. The first-order chi connectivity index (χ1) is 11.5. The Morgan fingerprint density at radius 1 is 0.833 bits per heavy atom. The molecule has 0 amide bonds. The first-order valence-corrected chi connectivity index (χ1v) is 9.10. The second-order valence-corrected chi connectivity index (χ2v) is 7.24. The van der Waals surface area contributed by atoms with E-state index in [1.165, 1.54) is 0 Å². The molecular weight excluding hydrogens is 308 g/mol. The van der Waals surface area contributed by atoms with E-state index in [1.807, 2.05) is 0 Å². The van der Waals surface area contributed by atoms with Crippen LogP contribution in [0.15, 0.2) is 0 Å². The smallest absolute Gasteiger partial charge is 0.433 e. The van der Waals surface area contributed by atoms with Gasteiger partial charge < -0.3 is 19.3 Å². The Bertz CT molecular complexity index is 362. The lowest BCUT2D eigenvalue weighted by atomic mass is 10.2. The van der Waals surface area contributed by atoms with Crippen molar-refractivity contribution in [2.45, 2.75) is 25.9 Å². The van der Waals surface area contributed by atoms with Crippen LogP contribution in [0.1, 0.15) is 13.8 Å². The maximum absolute atomic E-state index is 11.7. The lowest BCUT2D eigenvalue weighted by Gasteiger charge is -2.38. The van der Waals surface area contributed by atoms with E-state index in [9.17, 15) is 4.79 Å². The van der Waals surface area contributed by atoms with E-state index in [0.717, 1.165) is 52.4 Å². The van der Waals surface area contributed by atoms with Crippen molar-refractivity contribution in [2.24, 2.45) is 0 Å².